The Morgan fingerprint density at radius 3 is 2.39 bits per heavy atom. The van der Waals surface area contributed by atoms with Crippen molar-refractivity contribution in [3.63, 3.8) is 0 Å². The number of primary sulfonamides is 1. The molecule has 7 heteroatoms. The van der Waals surface area contributed by atoms with Crippen molar-refractivity contribution in [2.24, 2.45) is 5.14 Å². The van der Waals surface area contributed by atoms with Crippen LogP contribution in [0.25, 0.3) is 0 Å². The molecular weight excluding hydrogens is 316 g/mol. The van der Waals surface area contributed by atoms with Crippen LogP contribution in [0.15, 0.2) is 53.4 Å². The summed E-state index contributed by atoms with van der Waals surface area (Å²) < 4.78 is 28.0. The number of benzene rings is 2. The molecule has 0 unspecified atom stereocenters. The van der Waals surface area contributed by atoms with E-state index in [1.54, 1.807) is 0 Å². The van der Waals surface area contributed by atoms with Crippen LogP contribution >= 0.6 is 0 Å². The normalized spacial score (nSPS) is 12.5. The summed E-state index contributed by atoms with van der Waals surface area (Å²) >= 11 is 0. The number of hydrogen-bond donors (Lipinski definition) is 2. The van der Waals surface area contributed by atoms with Crippen molar-refractivity contribution < 1.29 is 17.9 Å². The predicted molar refractivity (Wildman–Crippen MR) is 86.7 cm³/mol. The predicted octanol–water partition coefficient (Wildman–Crippen LogP) is 1.83. The Labute approximate surface area is 135 Å². The van der Waals surface area contributed by atoms with E-state index in [4.69, 9.17) is 9.88 Å². The van der Waals surface area contributed by atoms with E-state index in [-0.39, 0.29) is 22.3 Å². The lowest BCUT2D eigenvalue weighted by atomic mass is 10.1. The van der Waals surface area contributed by atoms with E-state index in [9.17, 15) is 13.2 Å². The van der Waals surface area contributed by atoms with Crippen molar-refractivity contribution in [2.45, 2.75) is 17.9 Å². The highest BCUT2D eigenvalue weighted by molar-refractivity contribution is 7.89. The zero-order chi connectivity index (χ0) is 17.0. The Bertz CT molecular complexity index is 804. The van der Waals surface area contributed by atoms with Gasteiger partial charge in [0, 0.05) is 0 Å². The molecular formula is C16H18N2O4S. The summed E-state index contributed by atoms with van der Waals surface area (Å²) in [4.78, 5) is 12.3. The van der Waals surface area contributed by atoms with Gasteiger partial charge in [0.15, 0.2) is 0 Å². The number of methoxy groups -OCH3 is 1. The number of sulfonamides is 1. The molecule has 0 heterocycles. The monoisotopic (exact) mass is 334 g/mol. The molecule has 0 bridgehead atoms. The first-order valence-corrected chi connectivity index (χ1v) is 8.44. The summed E-state index contributed by atoms with van der Waals surface area (Å²) in [7, 11) is -2.49. The van der Waals surface area contributed by atoms with Gasteiger partial charge in [-0.3, -0.25) is 4.79 Å². The van der Waals surface area contributed by atoms with Crippen molar-refractivity contribution in [1.29, 1.82) is 0 Å². The maximum Gasteiger partial charge on any atom is 0.255 e. The minimum Gasteiger partial charge on any atom is -0.496 e. The minimum atomic E-state index is -3.90. The van der Waals surface area contributed by atoms with Gasteiger partial charge < -0.3 is 10.1 Å². The lowest BCUT2D eigenvalue weighted by Gasteiger charge is -2.16. The Morgan fingerprint density at radius 2 is 1.83 bits per heavy atom. The molecule has 23 heavy (non-hydrogen) atoms. The van der Waals surface area contributed by atoms with Crippen molar-refractivity contribution in [2.75, 3.05) is 7.11 Å². The Balaban J connectivity index is 2.31. The molecule has 122 valence electrons. The van der Waals surface area contributed by atoms with Crippen LogP contribution in [0.3, 0.4) is 0 Å². The lowest BCUT2D eigenvalue weighted by molar-refractivity contribution is 0.0936. The standard InChI is InChI=1S/C16H18N2O4S/c1-11(12-6-4-3-5-7-12)18-16(19)14-10-13(23(17,20)21)8-9-15(14)22-2/h3-11H,1-2H3,(H,18,19)(H2,17,20,21)/t11-/m0/s1. The average Bonchev–Trinajstić information content (AvgIpc) is 2.54. The summed E-state index contributed by atoms with van der Waals surface area (Å²) in [5.74, 6) is -0.168. The summed E-state index contributed by atoms with van der Waals surface area (Å²) in [5, 5.41) is 7.92. The topological polar surface area (TPSA) is 98.5 Å². The average molecular weight is 334 g/mol. The molecule has 0 fully saturated rings. The molecule has 0 spiro atoms. The first-order chi connectivity index (χ1) is 10.8. The molecule has 1 amide bonds. The largest absolute Gasteiger partial charge is 0.496 e. The highest BCUT2D eigenvalue weighted by Crippen LogP contribution is 2.23. The molecule has 1 atom stereocenters. The highest BCUT2D eigenvalue weighted by atomic mass is 32.2. The van der Waals surface area contributed by atoms with Crippen molar-refractivity contribution >= 4 is 15.9 Å². The first kappa shape index (κ1) is 17.0. The number of rotatable bonds is 5. The molecule has 0 saturated heterocycles. The Kier molecular flexibility index (Phi) is 5.02. The van der Waals surface area contributed by atoms with Gasteiger partial charge in [0.1, 0.15) is 5.75 Å². The van der Waals surface area contributed by atoms with Gasteiger partial charge in [-0.2, -0.15) is 0 Å². The molecule has 0 aromatic heterocycles. The van der Waals surface area contributed by atoms with Crippen molar-refractivity contribution in [1.82, 2.24) is 5.32 Å². The fourth-order valence-electron chi connectivity index (χ4n) is 2.14. The second kappa shape index (κ2) is 6.80. The lowest BCUT2D eigenvalue weighted by Crippen LogP contribution is -2.27. The number of carbonyl (C=O) groups excluding carboxylic acids is 1. The van der Waals surface area contributed by atoms with E-state index in [2.05, 4.69) is 5.32 Å². The van der Waals surface area contributed by atoms with Crippen LogP contribution in [-0.2, 0) is 10.0 Å². The van der Waals surface area contributed by atoms with Gasteiger partial charge in [-0.05, 0) is 30.7 Å². The summed E-state index contributed by atoms with van der Waals surface area (Å²) in [6.07, 6.45) is 0. The third-order valence-electron chi connectivity index (χ3n) is 3.39. The first-order valence-electron chi connectivity index (χ1n) is 6.89. The number of amides is 1. The van der Waals surface area contributed by atoms with Gasteiger partial charge >= 0.3 is 0 Å². The number of nitrogens with one attached hydrogen (secondary N) is 1. The molecule has 0 aliphatic rings. The molecule has 0 aliphatic carbocycles. The van der Waals surface area contributed by atoms with Gasteiger partial charge in [0.05, 0.1) is 23.6 Å². The summed E-state index contributed by atoms with van der Waals surface area (Å²) in [6.45, 7) is 1.84. The highest BCUT2D eigenvalue weighted by Gasteiger charge is 2.19. The third-order valence-corrected chi connectivity index (χ3v) is 4.30. The number of nitrogens with two attached hydrogens (primary N) is 1. The molecule has 0 aliphatic heterocycles. The van der Waals surface area contributed by atoms with Gasteiger partial charge in [0.2, 0.25) is 10.0 Å². The number of hydrogen-bond acceptors (Lipinski definition) is 4. The molecule has 2 aromatic rings. The van der Waals surface area contributed by atoms with Crippen LogP contribution in [0, 0.1) is 0 Å². The second-order valence-electron chi connectivity index (χ2n) is 5.01. The maximum atomic E-state index is 12.5. The van der Waals surface area contributed by atoms with Gasteiger partial charge in [0.25, 0.3) is 5.91 Å². The minimum absolute atomic E-state index is 0.113. The van der Waals surface area contributed by atoms with Crippen LogP contribution < -0.4 is 15.2 Å². The molecule has 2 aromatic carbocycles. The van der Waals surface area contributed by atoms with E-state index in [0.717, 1.165) is 5.56 Å². The SMILES string of the molecule is COc1ccc(S(N)(=O)=O)cc1C(=O)N[C@@H](C)c1ccccc1. The molecule has 0 radical (unpaired) electrons. The quantitative estimate of drug-likeness (QED) is 0.871. The van der Waals surface area contributed by atoms with E-state index >= 15 is 0 Å². The zero-order valence-electron chi connectivity index (χ0n) is 12.8. The van der Waals surface area contributed by atoms with Crippen LogP contribution in [-0.4, -0.2) is 21.4 Å². The fraction of sp³-hybridized carbons (Fsp3) is 0.188. The zero-order valence-corrected chi connectivity index (χ0v) is 13.6. The Hall–Kier alpha value is -2.38. The van der Waals surface area contributed by atoms with E-state index < -0.39 is 15.9 Å². The van der Waals surface area contributed by atoms with Gasteiger partial charge in [-0.25, -0.2) is 13.6 Å². The van der Waals surface area contributed by atoms with Crippen LogP contribution in [0.5, 0.6) is 5.75 Å². The number of carbonyl (C=O) groups is 1. The molecule has 0 saturated carbocycles. The van der Waals surface area contributed by atoms with Crippen LogP contribution in [0.2, 0.25) is 0 Å². The van der Waals surface area contributed by atoms with Crippen LogP contribution in [0.1, 0.15) is 28.9 Å². The summed E-state index contributed by atoms with van der Waals surface area (Å²) in [5.41, 5.74) is 1.05. The van der Waals surface area contributed by atoms with Gasteiger partial charge in [-0.1, -0.05) is 30.3 Å². The van der Waals surface area contributed by atoms with Crippen molar-refractivity contribution in [3.8, 4) is 5.75 Å². The van der Waals surface area contributed by atoms with Crippen LogP contribution in [0.4, 0.5) is 0 Å². The van der Waals surface area contributed by atoms with E-state index in [1.165, 1.54) is 25.3 Å². The molecule has 3 N–H and O–H groups in total. The second-order valence-corrected chi connectivity index (χ2v) is 6.57. The summed E-state index contributed by atoms with van der Waals surface area (Å²) in [6, 6.07) is 13.1. The smallest absolute Gasteiger partial charge is 0.255 e. The maximum absolute atomic E-state index is 12.5. The third kappa shape index (κ3) is 4.08. The van der Waals surface area contributed by atoms with E-state index in [0.29, 0.717) is 0 Å². The fourth-order valence-corrected chi connectivity index (χ4v) is 2.68. The van der Waals surface area contributed by atoms with Gasteiger partial charge in [-0.15, -0.1) is 0 Å². The molecule has 6 nitrogen and oxygen atoms in total. The van der Waals surface area contributed by atoms with Crippen molar-refractivity contribution in [3.05, 3.63) is 59.7 Å². The van der Waals surface area contributed by atoms with E-state index in [1.807, 2.05) is 37.3 Å². The Morgan fingerprint density at radius 1 is 1.17 bits per heavy atom. The number of ether oxygens (including phenoxy) is 1. The molecule has 2 rings (SSSR count).